The molecular weight excluding hydrogens is 254 g/mol. The second-order valence-electron chi connectivity index (χ2n) is 5.80. The van der Waals surface area contributed by atoms with E-state index in [1.54, 1.807) is 7.11 Å². The Morgan fingerprint density at radius 1 is 1.30 bits per heavy atom. The molecule has 2 rings (SSSR count). The summed E-state index contributed by atoms with van der Waals surface area (Å²) in [4.78, 5) is 4.40. The Balaban J connectivity index is 2.14. The zero-order valence-electron chi connectivity index (χ0n) is 12.7. The predicted octanol–water partition coefficient (Wildman–Crippen LogP) is 2.94. The summed E-state index contributed by atoms with van der Waals surface area (Å²) >= 11 is 0. The molecular formula is C15H21N3O2. The lowest BCUT2D eigenvalue weighted by Gasteiger charge is -2.18. The van der Waals surface area contributed by atoms with Crippen molar-refractivity contribution in [3.63, 3.8) is 0 Å². The van der Waals surface area contributed by atoms with E-state index >= 15 is 0 Å². The third-order valence-electron chi connectivity index (χ3n) is 2.89. The molecule has 5 nitrogen and oxygen atoms in total. The number of methoxy groups -OCH3 is 1. The predicted molar refractivity (Wildman–Crippen MR) is 77.6 cm³/mol. The van der Waals surface area contributed by atoms with Gasteiger partial charge in [0.1, 0.15) is 5.75 Å². The van der Waals surface area contributed by atoms with Gasteiger partial charge >= 0.3 is 0 Å². The minimum absolute atomic E-state index is 0.0192. The quantitative estimate of drug-likeness (QED) is 0.929. The zero-order chi connectivity index (χ0) is 14.8. The van der Waals surface area contributed by atoms with E-state index in [2.05, 4.69) is 36.2 Å². The van der Waals surface area contributed by atoms with Crippen molar-refractivity contribution in [2.75, 3.05) is 7.11 Å². The Hall–Kier alpha value is -1.88. The second-order valence-corrected chi connectivity index (χ2v) is 5.80. The molecule has 0 aliphatic heterocycles. The Bertz CT molecular complexity index is 585. The average Bonchev–Trinajstić information content (AvgIpc) is 2.84. The molecule has 0 fully saturated rings. The average molecular weight is 275 g/mol. The molecule has 1 heterocycles. The molecule has 0 unspecified atom stereocenters. The molecule has 0 atom stereocenters. The summed E-state index contributed by atoms with van der Waals surface area (Å²) in [6.07, 6.45) is 0. The first-order valence-corrected chi connectivity index (χ1v) is 6.62. The first-order chi connectivity index (χ1) is 9.39. The molecule has 0 aliphatic carbocycles. The van der Waals surface area contributed by atoms with Gasteiger partial charge in [0, 0.05) is 11.1 Å². The first-order valence-electron chi connectivity index (χ1n) is 6.62. The molecule has 1 N–H and O–H groups in total. The van der Waals surface area contributed by atoms with Crippen molar-refractivity contribution in [2.24, 2.45) is 0 Å². The summed E-state index contributed by atoms with van der Waals surface area (Å²) in [6.45, 7) is 8.83. The summed E-state index contributed by atoms with van der Waals surface area (Å²) in [7, 11) is 1.66. The fourth-order valence-corrected chi connectivity index (χ4v) is 1.80. The van der Waals surface area contributed by atoms with Gasteiger partial charge in [0.25, 0.3) is 0 Å². The van der Waals surface area contributed by atoms with Gasteiger partial charge in [-0.15, -0.1) is 0 Å². The van der Waals surface area contributed by atoms with Gasteiger partial charge in [-0.05, 0) is 51.5 Å². The Kier molecular flexibility index (Phi) is 4.09. The van der Waals surface area contributed by atoms with E-state index in [4.69, 9.17) is 9.26 Å². The molecule has 0 bridgehead atoms. The monoisotopic (exact) mass is 275 g/mol. The number of aryl methyl sites for hydroxylation is 1. The van der Waals surface area contributed by atoms with Crippen LogP contribution in [0, 0.1) is 6.92 Å². The number of rotatable bonds is 4. The molecule has 20 heavy (non-hydrogen) atoms. The van der Waals surface area contributed by atoms with E-state index in [-0.39, 0.29) is 5.54 Å². The van der Waals surface area contributed by atoms with Gasteiger partial charge in [0.2, 0.25) is 11.7 Å². The molecule has 1 aromatic carbocycles. The summed E-state index contributed by atoms with van der Waals surface area (Å²) in [5.74, 6) is 2.04. The second kappa shape index (κ2) is 5.63. The zero-order valence-corrected chi connectivity index (χ0v) is 12.7. The number of hydrogen-bond acceptors (Lipinski definition) is 5. The molecule has 0 spiro atoms. The van der Waals surface area contributed by atoms with Gasteiger partial charge in [0.15, 0.2) is 0 Å². The number of aromatic nitrogens is 2. The number of hydrogen-bond donors (Lipinski definition) is 1. The Morgan fingerprint density at radius 3 is 2.65 bits per heavy atom. The van der Waals surface area contributed by atoms with Crippen LogP contribution < -0.4 is 10.1 Å². The summed E-state index contributed by atoms with van der Waals surface area (Å²) in [5, 5.41) is 7.33. The maximum absolute atomic E-state index is 5.26. The van der Waals surface area contributed by atoms with E-state index in [0.29, 0.717) is 18.3 Å². The summed E-state index contributed by atoms with van der Waals surface area (Å²) in [5.41, 5.74) is 1.99. The molecule has 0 amide bonds. The van der Waals surface area contributed by atoms with Gasteiger partial charge in [0.05, 0.1) is 13.7 Å². The highest BCUT2D eigenvalue weighted by Crippen LogP contribution is 2.24. The van der Waals surface area contributed by atoms with Crippen molar-refractivity contribution >= 4 is 0 Å². The maximum atomic E-state index is 5.26. The third-order valence-corrected chi connectivity index (χ3v) is 2.89. The van der Waals surface area contributed by atoms with Crippen LogP contribution >= 0.6 is 0 Å². The SMILES string of the molecule is COc1ccc(-c2noc(CNC(C)(C)C)n2)cc1C. The highest BCUT2D eigenvalue weighted by atomic mass is 16.5. The standard InChI is InChI=1S/C15H21N3O2/c1-10-8-11(6-7-12(10)19-5)14-17-13(20-18-14)9-16-15(2,3)4/h6-8,16H,9H2,1-5H3. The lowest BCUT2D eigenvalue weighted by molar-refractivity contribution is 0.336. The molecule has 5 heteroatoms. The Morgan fingerprint density at radius 2 is 2.05 bits per heavy atom. The van der Waals surface area contributed by atoms with Crippen LogP contribution in [0.3, 0.4) is 0 Å². The highest BCUT2D eigenvalue weighted by Gasteiger charge is 2.13. The fraction of sp³-hybridized carbons (Fsp3) is 0.467. The van der Waals surface area contributed by atoms with Crippen molar-refractivity contribution in [1.82, 2.24) is 15.5 Å². The van der Waals surface area contributed by atoms with Crippen molar-refractivity contribution < 1.29 is 9.26 Å². The topological polar surface area (TPSA) is 60.2 Å². The van der Waals surface area contributed by atoms with Crippen LogP contribution in [-0.2, 0) is 6.54 Å². The number of ether oxygens (including phenoxy) is 1. The Labute approximate surface area is 119 Å². The maximum Gasteiger partial charge on any atom is 0.240 e. The highest BCUT2D eigenvalue weighted by molar-refractivity contribution is 5.58. The van der Waals surface area contributed by atoms with Gasteiger partial charge in [-0.25, -0.2) is 0 Å². The van der Waals surface area contributed by atoms with E-state index in [9.17, 15) is 0 Å². The fourth-order valence-electron chi connectivity index (χ4n) is 1.80. The van der Waals surface area contributed by atoms with Crippen LogP contribution in [0.25, 0.3) is 11.4 Å². The van der Waals surface area contributed by atoms with Crippen molar-refractivity contribution in [2.45, 2.75) is 39.8 Å². The summed E-state index contributed by atoms with van der Waals surface area (Å²) in [6, 6.07) is 5.83. The molecule has 0 saturated heterocycles. The molecule has 108 valence electrons. The van der Waals surface area contributed by atoms with E-state index < -0.39 is 0 Å². The third kappa shape index (κ3) is 3.57. The normalized spacial score (nSPS) is 11.7. The van der Waals surface area contributed by atoms with Crippen molar-refractivity contribution in [3.05, 3.63) is 29.7 Å². The van der Waals surface area contributed by atoms with Gasteiger partial charge in [-0.3, -0.25) is 0 Å². The van der Waals surface area contributed by atoms with E-state index in [1.807, 2.05) is 25.1 Å². The number of nitrogens with zero attached hydrogens (tertiary/aromatic N) is 2. The largest absolute Gasteiger partial charge is 0.496 e. The van der Waals surface area contributed by atoms with Gasteiger partial charge in [-0.1, -0.05) is 5.16 Å². The van der Waals surface area contributed by atoms with Crippen LogP contribution in [0.2, 0.25) is 0 Å². The number of benzene rings is 1. The van der Waals surface area contributed by atoms with Crippen LogP contribution in [-0.4, -0.2) is 22.8 Å². The van der Waals surface area contributed by atoms with Crippen molar-refractivity contribution in [1.29, 1.82) is 0 Å². The first kappa shape index (κ1) is 14.5. The van der Waals surface area contributed by atoms with Crippen molar-refractivity contribution in [3.8, 4) is 17.1 Å². The van der Waals surface area contributed by atoms with Crippen LogP contribution in [0.4, 0.5) is 0 Å². The molecule has 1 aromatic heterocycles. The van der Waals surface area contributed by atoms with Crippen LogP contribution in [0.5, 0.6) is 5.75 Å². The minimum atomic E-state index is 0.0192. The summed E-state index contributed by atoms with van der Waals surface area (Å²) < 4.78 is 10.5. The smallest absolute Gasteiger partial charge is 0.240 e. The molecule has 0 radical (unpaired) electrons. The van der Waals surface area contributed by atoms with E-state index in [1.165, 1.54) is 0 Å². The van der Waals surface area contributed by atoms with E-state index in [0.717, 1.165) is 16.9 Å². The molecule has 0 aliphatic rings. The lowest BCUT2D eigenvalue weighted by Crippen LogP contribution is -2.35. The van der Waals surface area contributed by atoms with Gasteiger partial charge in [-0.2, -0.15) is 4.98 Å². The number of nitrogens with one attached hydrogen (secondary N) is 1. The molecule has 0 saturated carbocycles. The minimum Gasteiger partial charge on any atom is -0.496 e. The molecule has 2 aromatic rings. The van der Waals surface area contributed by atoms with Crippen LogP contribution in [0.15, 0.2) is 22.7 Å². The van der Waals surface area contributed by atoms with Gasteiger partial charge < -0.3 is 14.6 Å². The van der Waals surface area contributed by atoms with Crippen LogP contribution in [0.1, 0.15) is 32.2 Å². The lowest BCUT2D eigenvalue weighted by atomic mass is 10.1.